The van der Waals surface area contributed by atoms with E-state index in [1.165, 1.54) is 54.0 Å². The van der Waals surface area contributed by atoms with Gasteiger partial charge in [-0.2, -0.15) is 0 Å². The summed E-state index contributed by atoms with van der Waals surface area (Å²) >= 11 is 4.77. The molecule has 3 heterocycles. The van der Waals surface area contributed by atoms with Crippen LogP contribution in [0.25, 0.3) is 45.6 Å². The normalized spacial score (nSPS) is 12.9. The lowest BCUT2D eigenvalue weighted by molar-refractivity contribution is -0.121. The van der Waals surface area contributed by atoms with E-state index >= 15 is 0 Å². The summed E-state index contributed by atoms with van der Waals surface area (Å²) in [5.74, 6) is -1.84. The first kappa shape index (κ1) is 38.8. The van der Waals surface area contributed by atoms with Gasteiger partial charge in [0.2, 0.25) is 11.8 Å². The second-order valence-corrected chi connectivity index (χ2v) is 14.0. The van der Waals surface area contributed by atoms with Crippen molar-refractivity contribution in [3.63, 3.8) is 0 Å². The molecule has 3 aliphatic heterocycles. The number of phenols is 2. The predicted molar refractivity (Wildman–Crippen MR) is 227 cm³/mol. The Bertz CT molecular complexity index is 3140. The molecular formula is C46H30N2O11S. The quantitative estimate of drug-likeness (QED) is 0.0636. The van der Waals surface area contributed by atoms with Gasteiger partial charge < -0.3 is 34.9 Å². The van der Waals surface area contributed by atoms with Crippen molar-refractivity contribution >= 4 is 76.0 Å². The average Bonchev–Trinajstić information content (AvgIpc) is 3.55. The van der Waals surface area contributed by atoms with Gasteiger partial charge in [-0.15, -0.1) is 0 Å². The second kappa shape index (κ2) is 15.3. The molecule has 0 bridgehead atoms. The molecule has 5 aromatic rings. The SMILES string of the molecule is C=c1ccc2c(c1)Oc1cc(O)ccc1C=2c1ccc(N2C(=O)CCC2=O)cc1C(=O)O.O=C(O)c1cc(NC=S)ccc1-c1c2ccc(=O)cc-2oc2cc(O)ccc12. The van der Waals surface area contributed by atoms with Gasteiger partial charge in [-0.3, -0.25) is 19.3 Å². The number of hydrogen-bond donors (Lipinski definition) is 5. The lowest BCUT2D eigenvalue weighted by atomic mass is 9.89. The van der Waals surface area contributed by atoms with Crippen LogP contribution >= 0.6 is 12.2 Å². The number of imide groups is 1. The fourth-order valence-electron chi connectivity index (χ4n) is 7.39. The van der Waals surface area contributed by atoms with Gasteiger partial charge in [-0.05, 0) is 83.1 Å². The number of amides is 2. The Morgan fingerprint density at radius 3 is 2.10 bits per heavy atom. The van der Waals surface area contributed by atoms with E-state index in [4.69, 9.17) is 21.4 Å². The monoisotopic (exact) mass is 818 g/mol. The molecule has 14 heteroatoms. The molecule has 9 rings (SSSR count). The minimum Gasteiger partial charge on any atom is -0.508 e. The molecule has 1 aliphatic carbocycles. The molecule has 5 aromatic carbocycles. The summed E-state index contributed by atoms with van der Waals surface area (Å²) in [5, 5.41) is 44.3. The van der Waals surface area contributed by atoms with Gasteiger partial charge in [0.05, 0.1) is 22.3 Å². The molecule has 0 spiro atoms. The van der Waals surface area contributed by atoms with Crippen LogP contribution in [0.3, 0.4) is 0 Å². The van der Waals surface area contributed by atoms with Crippen molar-refractivity contribution < 1.29 is 48.8 Å². The molecule has 0 unspecified atom stereocenters. The second-order valence-electron chi connectivity index (χ2n) is 13.8. The van der Waals surface area contributed by atoms with Crippen LogP contribution < -0.4 is 30.8 Å². The molecule has 4 aliphatic rings. The number of nitrogens with one attached hydrogen (secondary N) is 1. The maximum absolute atomic E-state index is 12.2. The molecule has 13 nitrogen and oxygen atoms in total. The standard InChI is InChI=1S/C25H17NO6.C21H13NO5S/c1-13-2-5-17-20(10-13)32-21-12-15(27)4-7-18(21)24(17)16-6-3-14(11-19(16)25(30)31)26-22(28)8-9-23(26)29;23-12-2-5-15-18(8-12)27-19-9-13(24)3-6-16(19)20(15)14-4-1-11(22-10-28)7-17(14)21(25)26/h2-7,10-12,27H,1,8-9H2,(H,30,31);1-10,23H,(H,22,28)(H,25,26). The minimum absolute atomic E-state index is 0.00110. The molecule has 60 heavy (non-hydrogen) atoms. The number of nitrogens with zero attached hydrogens (tertiary/aromatic N) is 1. The molecule has 5 N–H and O–H groups in total. The fraction of sp³-hybridized carbons (Fsp3) is 0.0435. The fourth-order valence-corrected chi connectivity index (χ4v) is 7.53. The number of anilines is 2. The van der Waals surface area contributed by atoms with Crippen LogP contribution in [0.1, 0.15) is 44.7 Å². The number of thiocarbonyl (C=S) groups is 1. The van der Waals surface area contributed by atoms with Gasteiger partial charge >= 0.3 is 11.9 Å². The van der Waals surface area contributed by atoms with E-state index in [0.29, 0.717) is 77.7 Å². The molecule has 2 amide bonds. The average molecular weight is 819 g/mol. The zero-order valence-corrected chi connectivity index (χ0v) is 31.9. The van der Waals surface area contributed by atoms with E-state index in [2.05, 4.69) is 11.9 Å². The largest absolute Gasteiger partial charge is 0.508 e. The highest BCUT2D eigenvalue weighted by Crippen LogP contribution is 2.43. The van der Waals surface area contributed by atoms with E-state index < -0.39 is 11.9 Å². The molecule has 0 atom stereocenters. The van der Waals surface area contributed by atoms with E-state index in [-0.39, 0.29) is 58.4 Å². The van der Waals surface area contributed by atoms with Crippen LogP contribution in [0.4, 0.5) is 11.4 Å². The number of benzene rings is 6. The first-order valence-corrected chi connectivity index (χ1v) is 18.6. The number of phenolic OH excluding ortho intramolecular Hbond substituents is 2. The lowest BCUT2D eigenvalue weighted by Gasteiger charge is -2.23. The number of hydrogen-bond acceptors (Lipinski definition) is 10. The smallest absolute Gasteiger partial charge is 0.336 e. The summed E-state index contributed by atoms with van der Waals surface area (Å²) < 4.78 is 11.8. The van der Waals surface area contributed by atoms with Gasteiger partial charge in [0.1, 0.15) is 34.3 Å². The summed E-state index contributed by atoms with van der Waals surface area (Å²) in [6.07, 6.45) is 0.213. The van der Waals surface area contributed by atoms with Crippen LogP contribution in [0, 0.1) is 0 Å². The maximum atomic E-state index is 12.2. The van der Waals surface area contributed by atoms with Crippen molar-refractivity contribution in [1.82, 2.24) is 0 Å². The summed E-state index contributed by atoms with van der Waals surface area (Å²) in [6.45, 7) is 3.91. The van der Waals surface area contributed by atoms with Gasteiger partial charge in [0, 0.05) is 69.6 Å². The number of aromatic hydroxyl groups is 2. The van der Waals surface area contributed by atoms with Crippen LogP contribution in [0.15, 0.2) is 118 Å². The predicted octanol–water partition coefficient (Wildman–Crippen LogP) is 6.84. The Morgan fingerprint density at radius 1 is 0.700 bits per heavy atom. The van der Waals surface area contributed by atoms with Crippen molar-refractivity contribution in [1.29, 1.82) is 0 Å². The van der Waals surface area contributed by atoms with Gasteiger partial charge in [-0.1, -0.05) is 43.1 Å². The Hall–Kier alpha value is -8.10. The van der Waals surface area contributed by atoms with Crippen molar-refractivity contribution in [2.75, 3.05) is 10.2 Å². The summed E-state index contributed by atoms with van der Waals surface area (Å²) in [5.41, 5.74) is 5.43. The number of fused-ring (bicyclic) bond motifs is 4. The maximum Gasteiger partial charge on any atom is 0.336 e. The van der Waals surface area contributed by atoms with Crippen LogP contribution in [-0.2, 0) is 9.59 Å². The number of rotatable bonds is 7. The van der Waals surface area contributed by atoms with Gasteiger partial charge in [0.25, 0.3) is 0 Å². The van der Waals surface area contributed by atoms with Crippen LogP contribution in [0.2, 0.25) is 0 Å². The zero-order valence-electron chi connectivity index (χ0n) is 31.1. The highest BCUT2D eigenvalue weighted by atomic mass is 32.1. The third-order valence-electron chi connectivity index (χ3n) is 10.0. The Balaban J connectivity index is 0.000000168. The molecule has 0 radical (unpaired) electrons. The highest BCUT2D eigenvalue weighted by Gasteiger charge is 2.32. The molecular weight excluding hydrogens is 789 g/mol. The summed E-state index contributed by atoms with van der Waals surface area (Å²) in [6, 6.07) is 28.3. The number of ether oxygens (including phenoxy) is 1. The number of carboxylic acids is 2. The Kier molecular flexibility index (Phi) is 9.91. The highest BCUT2D eigenvalue weighted by molar-refractivity contribution is 7.79. The summed E-state index contributed by atoms with van der Waals surface area (Å²) in [4.78, 5) is 61.3. The number of carboxylic acid groups (broad SMARTS) is 2. The molecule has 1 fully saturated rings. The number of aromatic carboxylic acids is 2. The molecule has 296 valence electrons. The minimum atomic E-state index is -1.20. The van der Waals surface area contributed by atoms with Crippen molar-refractivity contribution in [2.45, 2.75) is 12.8 Å². The third-order valence-corrected chi connectivity index (χ3v) is 10.1. The lowest BCUT2D eigenvalue weighted by Crippen LogP contribution is -2.29. The van der Waals surface area contributed by atoms with Crippen molar-refractivity contribution in [3.05, 3.63) is 152 Å². The van der Waals surface area contributed by atoms with E-state index in [1.807, 2.05) is 0 Å². The first-order valence-electron chi connectivity index (χ1n) is 18.2. The van der Waals surface area contributed by atoms with Crippen molar-refractivity contribution in [2.24, 2.45) is 0 Å². The van der Waals surface area contributed by atoms with E-state index in [1.54, 1.807) is 60.7 Å². The first-order chi connectivity index (χ1) is 28.8. The topological polar surface area (TPSA) is 204 Å². The zero-order chi connectivity index (χ0) is 42.4. The van der Waals surface area contributed by atoms with Gasteiger partial charge in [0.15, 0.2) is 5.43 Å². The molecule has 1 saturated heterocycles. The van der Waals surface area contributed by atoms with E-state index in [9.17, 15) is 44.4 Å². The van der Waals surface area contributed by atoms with Crippen LogP contribution in [-0.4, -0.2) is 49.7 Å². The third kappa shape index (κ3) is 7.07. The van der Waals surface area contributed by atoms with Crippen LogP contribution in [0.5, 0.6) is 23.0 Å². The molecule has 0 aromatic heterocycles. The van der Waals surface area contributed by atoms with E-state index in [0.717, 1.165) is 4.90 Å². The Morgan fingerprint density at radius 2 is 1.37 bits per heavy atom. The molecule has 0 saturated carbocycles. The van der Waals surface area contributed by atoms with Crippen molar-refractivity contribution in [3.8, 4) is 45.4 Å². The number of carbonyl (C=O) groups excluding carboxylic acids is 2. The van der Waals surface area contributed by atoms with Gasteiger partial charge in [-0.25, -0.2) is 9.59 Å². The Labute approximate surface area is 344 Å². The summed E-state index contributed by atoms with van der Waals surface area (Å²) in [7, 11) is 0. The number of carbonyl (C=O) groups is 4.